The van der Waals surface area contributed by atoms with Crippen LogP contribution in [0, 0.1) is 0 Å². The SMILES string of the molecule is COc1ccc(CCNCc2ccc(-c3cc(C(=O)O)ccc3Cl)o2)cc1. The van der Waals surface area contributed by atoms with Gasteiger partial charge in [-0.1, -0.05) is 23.7 Å². The molecule has 5 nitrogen and oxygen atoms in total. The second kappa shape index (κ2) is 8.75. The number of furan rings is 1. The van der Waals surface area contributed by atoms with Crippen LogP contribution < -0.4 is 10.1 Å². The number of methoxy groups -OCH3 is 1. The second-order valence-corrected chi connectivity index (χ2v) is 6.45. The number of hydrogen-bond donors (Lipinski definition) is 2. The lowest BCUT2D eigenvalue weighted by Gasteiger charge is -2.05. The molecule has 0 spiro atoms. The van der Waals surface area contributed by atoms with E-state index in [2.05, 4.69) is 5.32 Å². The van der Waals surface area contributed by atoms with Crippen LogP contribution in [0.1, 0.15) is 21.7 Å². The summed E-state index contributed by atoms with van der Waals surface area (Å²) in [5.74, 6) is 1.16. The predicted octanol–water partition coefficient (Wildman–Crippen LogP) is 4.64. The number of carboxylic acid groups (broad SMARTS) is 1. The molecular formula is C21H20ClNO4. The molecule has 0 unspecified atom stereocenters. The van der Waals surface area contributed by atoms with Gasteiger partial charge in [0.15, 0.2) is 0 Å². The van der Waals surface area contributed by atoms with Crippen molar-refractivity contribution in [2.45, 2.75) is 13.0 Å². The van der Waals surface area contributed by atoms with E-state index in [4.69, 9.17) is 25.9 Å². The molecule has 0 saturated heterocycles. The molecule has 2 N–H and O–H groups in total. The van der Waals surface area contributed by atoms with Gasteiger partial charge in [-0.2, -0.15) is 0 Å². The van der Waals surface area contributed by atoms with Crippen molar-refractivity contribution < 1.29 is 19.1 Å². The van der Waals surface area contributed by atoms with Crippen molar-refractivity contribution in [2.24, 2.45) is 0 Å². The highest BCUT2D eigenvalue weighted by molar-refractivity contribution is 6.33. The summed E-state index contributed by atoms with van der Waals surface area (Å²) in [6.45, 7) is 1.38. The summed E-state index contributed by atoms with van der Waals surface area (Å²) in [6, 6.07) is 16.2. The Kier molecular flexibility index (Phi) is 6.16. The van der Waals surface area contributed by atoms with Gasteiger partial charge in [0.1, 0.15) is 17.3 Å². The highest BCUT2D eigenvalue weighted by Crippen LogP contribution is 2.30. The van der Waals surface area contributed by atoms with Crippen LogP contribution in [-0.4, -0.2) is 24.7 Å². The molecule has 140 valence electrons. The minimum atomic E-state index is -1.00. The molecule has 0 bridgehead atoms. The maximum absolute atomic E-state index is 11.1. The summed E-state index contributed by atoms with van der Waals surface area (Å²) in [5, 5.41) is 12.9. The molecule has 1 heterocycles. The van der Waals surface area contributed by atoms with Crippen molar-refractivity contribution in [3.63, 3.8) is 0 Å². The number of rotatable bonds is 8. The lowest BCUT2D eigenvalue weighted by molar-refractivity contribution is 0.0697. The first-order valence-corrected chi connectivity index (χ1v) is 8.90. The fraction of sp³-hybridized carbons (Fsp3) is 0.190. The van der Waals surface area contributed by atoms with E-state index < -0.39 is 5.97 Å². The van der Waals surface area contributed by atoms with Crippen molar-refractivity contribution in [1.82, 2.24) is 5.32 Å². The lowest BCUT2D eigenvalue weighted by Crippen LogP contribution is -2.16. The number of hydrogen-bond acceptors (Lipinski definition) is 4. The number of benzene rings is 2. The molecule has 27 heavy (non-hydrogen) atoms. The van der Waals surface area contributed by atoms with E-state index in [9.17, 15) is 4.79 Å². The molecule has 0 amide bonds. The van der Waals surface area contributed by atoms with E-state index >= 15 is 0 Å². The zero-order valence-electron chi connectivity index (χ0n) is 14.9. The van der Waals surface area contributed by atoms with Crippen LogP contribution in [0.4, 0.5) is 0 Å². The molecule has 0 aliphatic rings. The molecule has 0 aliphatic heterocycles. The molecule has 2 aromatic carbocycles. The number of carbonyl (C=O) groups is 1. The maximum Gasteiger partial charge on any atom is 0.335 e. The molecule has 3 rings (SSSR count). The van der Waals surface area contributed by atoms with Gasteiger partial charge in [0.25, 0.3) is 0 Å². The predicted molar refractivity (Wildman–Crippen MR) is 105 cm³/mol. The fourth-order valence-corrected chi connectivity index (χ4v) is 2.91. The van der Waals surface area contributed by atoms with Gasteiger partial charge in [-0.15, -0.1) is 0 Å². The van der Waals surface area contributed by atoms with E-state index in [0.29, 0.717) is 22.9 Å². The van der Waals surface area contributed by atoms with Gasteiger partial charge in [0.05, 0.1) is 24.2 Å². The minimum Gasteiger partial charge on any atom is -0.497 e. The van der Waals surface area contributed by atoms with Gasteiger partial charge >= 0.3 is 5.97 Å². The number of nitrogens with one attached hydrogen (secondary N) is 1. The molecule has 0 saturated carbocycles. The lowest BCUT2D eigenvalue weighted by atomic mass is 10.1. The summed E-state index contributed by atoms with van der Waals surface area (Å²) in [7, 11) is 1.65. The van der Waals surface area contributed by atoms with Crippen LogP contribution in [0.15, 0.2) is 59.0 Å². The standard InChI is InChI=1S/C21H20ClNO4/c1-26-16-5-2-14(3-6-16)10-11-23-13-17-7-9-20(27-17)18-12-15(21(24)25)4-8-19(18)22/h2-9,12,23H,10-11,13H2,1H3,(H,24,25). The monoisotopic (exact) mass is 385 g/mol. The molecular weight excluding hydrogens is 366 g/mol. The summed E-state index contributed by atoms with van der Waals surface area (Å²) in [5.41, 5.74) is 1.96. The van der Waals surface area contributed by atoms with Gasteiger partial charge in [0, 0.05) is 5.56 Å². The van der Waals surface area contributed by atoms with Crippen molar-refractivity contribution in [3.8, 4) is 17.1 Å². The second-order valence-electron chi connectivity index (χ2n) is 6.04. The zero-order valence-corrected chi connectivity index (χ0v) is 15.6. The molecule has 3 aromatic rings. The Bertz CT molecular complexity index is 918. The Hall–Kier alpha value is -2.76. The molecule has 1 aromatic heterocycles. The quantitative estimate of drug-likeness (QED) is 0.553. The van der Waals surface area contributed by atoms with Crippen LogP contribution in [0.2, 0.25) is 5.02 Å². The number of aromatic carboxylic acids is 1. The Morgan fingerprint density at radius 1 is 1.15 bits per heavy atom. The molecule has 0 radical (unpaired) electrons. The highest BCUT2D eigenvalue weighted by atomic mass is 35.5. The number of carboxylic acids is 1. The van der Waals surface area contributed by atoms with Crippen LogP contribution in [-0.2, 0) is 13.0 Å². The van der Waals surface area contributed by atoms with Gasteiger partial charge < -0.3 is 19.6 Å². The van der Waals surface area contributed by atoms with Crippen LogP contribution in [0.3, 0.4) is 0 Å². The van der Waals surface area contributed by atoms with Gasteiger partial charge in [-0.05, 0) is 61.0 Å². The Balaban J connectivity index is 1.56. The van der Waals surface area contributed by atoms with Gasteiger partial charge in [0.2, 0.25) is 0 Å². The van der Waals surface area contributed by atoms with E-state index in [1.54, 1.807) is 19.2 Å². The third-order valence-corrected chi connectivity index (χ3v) is 4.52. The highest BCUT2D eigenvalue weighted by Gasteiger charge is 2.12. The van der Waals surface area contributed by atoms with E-state index in [0.717, 1.165) is 24.5 Å². The van der Waals surface area contributed by atoms with Crippen molar-refractivity contribution in [3.05, 3.63) is 76.5 Å². The van der Waals surface area contributed by atoms with Crippen molar-refractivity contribution >= 4 is 17.6 Å². The number of ether oxygens (including phenoxy) is 1. The topological polar surface area (TPSA) is 71.7 Å². The first kappa shape index (κ1) is 19.0. The Morgan fingerprint density at radius 2 is 1.93 bits per heavy atom. The van der Waals surface area contributed by atoms with Crippen molar-refractivity contribution in [2.75, 3.05) is 13.7 Å². The average Bonchev–Trinajstić information content (AvgIpc) is 3.14. The number of halogens is 1. The molecule has 0 fully saturated rings. The van der Waals surface area contributed by atoms with E-state index in [1.807, 2.05) is 30.3 Å². The molecule has 0 aliphatic carbocycles. The average molecular weight is 386 g/mol. The first-order valence-electron chi connectivity index (χ1n) is 8.52. The zero-order chi connectivity index (χ0) is 19.2. The summed E-state index contributed by atoms with van der Waals surface area (Å²) >= 11 is 6.18. The molecule has 0 atom stereocenters. The maximum atomic E-state index is 11.1. The van der Waals surface area contributed by atoms with Gasteiger partial charge in [-0.3, -0.25) is 0 Å². The minimum absolute atomic E-state index is 0.171. The van der Waals surface area contributed by atoms with E-state index in [1.165, 1.54) is 17.7 Å². The van der Waals surface area contributed by atoms with Crippen LogP contribution in [0.5, 0.6) is 5.75 Å². The van der Waals surface area contributed by atoms with Crippen LogP contribution >= 0.6 is 11.6 Å². The van der Waals surface area contributed by atoms with Gasteiger partial charge in [-0.25, -0.2) is 4.79 Å². The fourth-order valence-electron chi connectivity index (χ4n) is 2.70. The smallest absolute Gasteiger partial charge is 0.335 e. The Morgan fingerprint density at radius 3 is 2.63 bits per heavy atom. The summed E-state index contributed by atoms with van der Waals surface area (Å²) in [6.07, 6.45) is 0.893. The summed E-state index contributed by atoms with van der Waals surface area (Å²) < 4.78 is 11.0. The van der Waals surface area contributed by atoms with Crippen molar-refractivity contribution in [1.29, 1.82) is 0 Å². The first-order chi connectivity index (χ1) is 13.1. The van der Waals surface area contributed by atoms with Crippen LogP contribution in [0.25, 0.3) is 11.3 Å². The Labute approximate surface area is 162 Å². The third kappa shape index (κ3) is 4.90. The normalized spacial score (nSPS) is 10.7. The largest absolute Gasteiger partial charge is 0.497 e. The third-order valence-electron chi connectivity index (χ3n) is 4.19. The summed E-state index contributed by atoms with van der Waals surface area (Å²) in [4.78, 5) is 11.1. The molecule has 6 heteroatoms. The van der Waals surface area contributed by atoms with E-state index in [-0.39, 0.29) is 5.56 Å².